The molecule has 2 aromatic heterocycles. The number of anilines is 3. The van der Waals surface area contributed by atoms with Crippen molar-refractivity contribution in [2.45, 2.75) is 19.4 Å². The first-order chi connectivity index (χ1) is 16.0. The third-order valence-electron chi connectivity index (χ3n) is 6.52. The second-order valence-electron chi connectivity index (χ2n) is 8.53. The molecule has 33 heavy (non-hydrogen) atoms. The predicted molar refractivity (Wildman–Crippen MR) is 132 cm³/mol. The quantitative estimate of drug-likeness (QED) is 0.412. The minimum absolute atomic E-state index is 0.00370. The number of aromatic amines is 1. The summed E-state index contributed by atoms with van der Waals surface area (Å²) in [5.41, 5.74) is 16.8. The average molecular weight is 447 g/mol. The summed E-state index contributed by atoms with van der Waals surface area (Å²) in [4.78, 5) is 17.3. The Morgan fingerprint density at radius 2 is 1.97 bits per heavy atom. The normalized spacial score (nSPS) is 18.9. The van der Waals surface area contributed by atoms with Crippen molar-refractivity contribution in [2.24, 2.45) is 5.73 Å². The number of nitrogen functional groups attached to an aromatic ring is 1. The van der Waals surface area contributed by atoms with Gasteiger partial charge in [0.2, 0.25) is 5.95 Å². The average Bonchev–Trinajstić information content (AvgIpc) is 3.16. The highest BCUT2D eigenvalue weighted by molar-refractivity contribution is 5.86. The van der Waals surface area contributed by atoms with Gasteiger partial charge in [-0.25, -0.2) is 4.98 Å². The van der Waals surface area contributed by atoms with Gasteiger partial charge in [-0.2, -0.15) is 4.98 Å². The summed E-state index contributed by atoms with van der Waals surface area (Å²) in [5.74, 6) is 2.38. The van der Waals surface area contributed by atoms with Gasteiger partial charge in [-0.15, -0.1) is 0 Å². The molecule has 2 aliphatic rings. The number of nitrogens with zero attached hydrogens (tertiary/aromatic N) is 4. The van der Waals surface area contributed by atoms with Gasteiger partial charge in [-0.3, -0.25) is 0 Å². The number of nitrogens with two attached hydrogens (primary N) is 2. The van der Waals surface area contributed by atoms with E-state index in [2.05, 4.69) is 32.0 Å². The van der Waals surface area contributed by atoms with Crippen LogP contribution in [0.3, 0.4) is 0 Å². The van der Waals surface area contributed by atoms with Gasteiger partial charge in [0.15, 0.2) is 0 Å². The zero-order chi connectivity index (χ0) is 22.9. The van der Waals surface area contributed by atoms with Gasteiger partial charge in [-0.1, -0.05) is 12.1 Å². The Labute approximate surface area is 193 Å². The van der Waals surface area contributed by atoms with Gasteiger partial charge in [0, 0.05) is 73.4 Å². The van der Waals surface area contributed by atoms with Gasteiger partial charge >= 0.3 is 0 Å². The number of hydrogen-bond donors (Lipinski definition) is 5. The number of phenolic OH excluding ortho intramolecular Hbond substituents is 1. The summed E-state index contributed by atoms with van der Waals surface area (Å²) < 4.78 is 0. The van der Waals surface area contributed by atoms with Crippen molar-refractivity contribution in [3.63, 3.8) is 0 Å². The Morgan fingerprint density at radius 3 is 2.76 bits per heavy atom. The van der Waals surface area contributed by atoms with Crippen molar-refractivity contribution in [3.05, 3.63) is 58.9 Å². The molecule has 2 aliphatic heterocycles. The summed E-state index contributed by atoms with van der Waals surface area (Å²) in [5, 5.41) is 13.6. The van der Waals surface area contributed by atoms with Gasteiger partial charge in [-0.05, 0) is 31.2 Å². The fraction of sp³-hybridized carbons (Fsp3) is 0.333. The molecular weight excluding hydrogens is 416 g/mol. The van der Waals surface area contributed by atoms with E-state index in [9.17, 15) is 5.11 Å². The first kappa shape index (κ1) is 21.1. The number of aromatic hydroxyl groups is 1. The minimum atomic E-state index is 0.00370. The number of H-pyrrole nitrogens is 1. The molecule has 9 heteroatoms. The van der Waals surface area contributed by atoms with Crippen LogP contribution in [0.2, 0.25) is 0 Å². The number of aromatic nitrogens is 3. The van der Waals surface area contributed by atoms with Crippen molar-refractivity contribution < 1.29 is 5.11 Å². The van der Waals surface area contributed by atoms with E-state index in [4.69, 9.17) is 16.5 Å². The van der Waals surface area contributed by atoms with E-state index in [-0.39, 0.29) is 11.8 Å². The van der Waals surface area contributed by atoms with Crippen molar-refractivity contribution in [1.82, 2.24) is 20.3 Å². The number of piperazine rings is 1. The SMILES string of the molecule is CC1c2c([nH]c(N)c2/C=C(\N)c2ccccc2O)CCN1c1nccc(N2CCNCC2)n1. The summed E-state index contributed by atoms with van der Waals surface area (Å²) in [6.45, 7) is 6.71. The van der Waals surface area contributed by atoms with Gasteiger partial charge in [0.1, 0.15) is 17.4 Å². The molecule has 1 atom stereocenters. The van der Waals surface area contributed by atoms with Crippen LogP contribution in [-0.4, -0.2) is 52.8 Å². The van der Waals surface area contributed by atoms with Crippen LogP contribution in [0.1, 0.15) is 35.3 Å². The van der Waals surface area contributed by atoms with E-state index in [1.807, 2.05) is 24.4 Å². The Balaban J connectivity index is 1.48. The van der Waals surface area contributed by atoms with E-state index in [1.165, 1.54) is 0 Å². The second-order valence-corrected chi connectivity index (χ2v) is 8.53. The zero-order valence-corrected chi connectivity index (χ0v) is 18.8. The molecule has 0 bridgehead atoms. The monoisotopic (exact) mass is 446 g/mol. The number of rotatable bonds is 4. The minimum Gasteiger partial charge on any atom is -0.507 e. The van der Waals surface area contributed by atoms with Gasteiger partial charge in [0.05, 0.1) is 6.04 Å². The molecule has 0 spiro atoms. The highest BCUT2D eigenvalue weighted by Gasteiger charge is 2.31. The van der Waals surface area contributed by atoms with E-state index in [1.54, 1.807) is 18.2 Å². The van der Waals surface area contributed by atoms with Crippen LogP contribution in [0.25, 0.3) is 11.8 Å². The molecule has 172 valence electrons. The van der Waals surface area contributed by atoms with Crippen molar-refractivity contribution in [3.8, 4) is 5.75 Å². The molecule has 9 nitrogen and oxygen atoms in total. The van der Waals surface area contributed by atoms with E-state index < -0.39 is 0 Å². The number of benzene rings is 1. The van der Waals surface area contributed by atoms with Crippen LogP contribution in [0.15, 0.2) is 36.5 Å². The summed E-state index contributed by atoms with van der Waals surface area (Å²) >= 11 is 0. The lowest BCUT2D eigenvalue weighted by Crippen LogP contribution is -2.44. The maximum Gasteiger partial charge on any atom is 0.227 e. The van der Waals surface area contributed by atoms with E-state index in [0.717, 1.165) is 61.8 Å². The molecule has 1 aromatic carbocycles. The summed E-state index contributed by atoms with van der Waals surface area (Å²) in [6, 6.07) is 9.01. The van der Waals surface area contributed by atoms with Crippen LogP contribution < -0.4 is 26.6 Å². The van der Waals surface area contributed by atoms with Crippen molar-refractivity contribution >= 4 is 29.4 Å². The summed E-state index contributed by atoms with van der Waals surface area (Å²) in [6.07, 6.45) is 4.48. The first-order valence-electron chi connectivity index (χ1n) is 11.3. The molecule has 1 fully saturated rings. The molecule has 0 amide bonds. The molecule has 1 unspecified atom stereocenters. The fourth-order valence-corrected chi connectivity index (χ4v) is 4.79. The number of nitrogens with one attached hydrogen (secondary N) is 2. The first-order valence-corrected chi connectivity index (χ1v) is 11.3. The van der Waals surface area contributed by atoms with Crippen molar-refractivity contribution in [2.75, 3.05) is 48.3 Å². The maximum atomic E-state index is 10.2. The zero-order valence-electron chi connectivity index (χ0n) is 18.8. The highest BCUT2D eigenvalue weighted by atomic mass is 16.3. The molecule has 0 aliphatic carbocycles. The highest BCUT2D eigenvalue weighted by Crippen LogP contribution is 2.38. The Morgan fingerprint density at radius 1 is 1.18 bits per heavy atom. The van der Waals surface area contributed by atoms with Crippen LogP contribution in [0.4, 0.5) is 17.6 Å². The molecule has 4 heterocycles. The van der Waals surface area contributed by atoms with Crippen LogP contribution >= 0.6 is 0 Å². The molecule has 1 saturated heterocycles. The fourth-order valence-electron chi connectivity index (χ4n) is 4.79. The van der Waals surface area contributed by atoms with E-state index >= 15 is 0 Å². The van der Waals surface area contributed by atoms with Crippen LogP contribution in [-0.2, 0) is 6.42 Å². The third kappa shape index (κ3) is 3.95. The molecular formula is C24H30N8O. The molecule has 0 saturated carbocycles. The standard InChI is InChI=1S/C24H30N8O/c1-15-22-17(14-18(25)16-4-2-3-5-20(16)33)23(26)29-19(22)7-11-32(15)24-28-8-6-21(30-24)31-12-9-27-10-13-31/h2-6,8,14-15,27,29,33H,7,9-13,25-26H2,1H3/b18-14-. The largest absolute Gasteiger partial charge is 0.507 e. The molecule has 0 radical (unpaired) electrons. The number of para-hydroxylation sites is 1. The second kappa shape index (κ2) is 8.67. The molecule has 5 rings (SSSR count). The lowest BCUT2D eigenvalue weighted by molar-refractivity contribution is 0.473. The molecule has 7 N–H and O–H groups in total. The Hall–Kier alpha value is -3.72. The number of hydrogen-bond acceptors (Lipinski definition) is 8. The smallest absolute Gasteiger partial charge is 0.227 e. The van der Waals surface area contributed by atoms with Crippen LogP contribution in [0, 0.1) is 0 Å². The number of phenols is 1. The van der Waals surface area contributed by atoms with Crippen molar-refractivity contribution in [1.29, 1.82) is 0 Å². The third-order valence-corrected chi connectivity index (χ3v) is 6.52. The lowest BCUT2D eigenvalue weighted by atomic mass is 9.95. The lowest BCUT2D eigenvalue weighted by Gasteiger charge is -2.35. The van der Waals surface area contributed by atoms with Crippen LogP contribution in [0.5, 0.6) is 5.75 Å². The summed E-state index contributed by atoms with van der Waals surface area (Å²) in [7, 11) is 0. The number of fused-ring (bicyclic) bond motifs is 1. The van der Waals surface area contributed by atoms with Gasteiger partial charge in [0.25, 0.3) is 0 Å². The predicted octanol–water partition coefficient (Wildman–Crippen LogP) is 2.08. The molecule has 3 aromatic rings. The Bertz CT molecular complexity index is 1180. The van der Waals surface area contributed by atoms with Gasteiger partial charge < -0.3 is 36.7 Å². The Kier molecular flexibility index (Phi) is 5.55. The topological polar surface area (TPSA) is 132 Å². The maximum absolute atomic E-state index is 10.2. The van der Waals surface area contributed by atoms with E-state index in [0.29, 0.717) is 23.0 Å².